The number of amides is 1. The lowest BCUT2D eigenvalue weighted by molar-refractivity contribution is 0.115. The molecule has 0 aliphatic carbocycles. The van der Waals surface area contributed by atoms with Gasteiger partial charge in [-0.15, -0.1) is 0 Å². The highest BCUT2D eigenvalue weighted by atomic mass is 16.5. The maximum Gasteiger partial charge on any atom is 0.409 e. The number of rotatable bonds is 0. The molecule has 0 N–H and O–H groups in total. The van der Waals surface area contributed by atoms with E-state index in [9.17, 15) is 4.79 Å². The smallest absolute Gasteiger partial charge is 0.409 e. The molecule has 3 heteroatoms. The summed E-state index contributed by atoms with van der Waals surface area (Å²) in [4.78, 5) is 12.6. The molecule has 78 valence electrons. The van der Waals surface area contributed by atoms with Crippen LogP contribution in [-0.4, -0.2) is 31.2 Å². The first-order chi connectivity index (χ1) is 6.26. The maximum absolute atomic E-state index is 10.9. The molecule has 0 bridgehead atoms. The summed E-state index contributed by atoms with van der Waals surface area (Å²) in [6.07, 6.45) is 4.55. The van der Waals surface area contributed by atoms with E-state index >= 15 is 0 Å². The first-order valence-corrected chi connectivity index (χ1v) is 5.09. The molecule has 0 atom stereocenters. The third kappa shape index (κ3) is 5.50. The minimum Gasteiger partial charge on any atom is -0.453 e. The van der Waals surface area contributed by atoms with E-state index < -0.39 is 0 Å². The monoisotopic (exact) mass is 187 g/mol. The summed E-state index contributed by atoms with van der Waals surface area (Å²) in [6.45, 7) is 5.99. The highest BCUT2D eigenvalue weighted by Gasteiger charge is 2.15. The topological polar surface area (TPSA) is 29.5 Å². The summed E-state index contributed by atoms with van der Waals surface area (Å²) >= 11 is 0. The van der Waals surface area contributed by atoms with Crippen LogP contribution in [0.2, 0.25) is 0 Å². The molecule has 1 heterocycles. The van der Waals surface area contributed by atoms with Crippen LogP contribution in [0.3, 0.4) is 0 Å². The van der Waals surface area contributed by atoms with Gasteiger partial charge in [-0.3, -0.25) is 0 Å². The maximum atomic E-state index is 10.9. The normalized spacial score (nSPS) is 15.8. The molecule has 0 saturated carbocycles. The van der Waals surface area contributed by atoms with Crippen molar-refractivity contribution < 1.29 is 9.53 Å². The minimum atomic E-state index is -0.181. The van der Waals surface area contributed by atoms with E-state index in [0.717, 1.165) is 25.9 Å². The summed E-state index contributed by atoms with van der Waals surface area (Å²) < 4.78 is 4.58. The zero-order valence-corrected chi connectivity index (χ0v) is 9.01. The Hall–Kier alpha value is -0.730. The molecule has 1 saturated heterocycles. The summed E-state index contributed by atoms with van der Waals surface area (Å²) in [7, 11) is 1.43. The van der Waals surface area contributed by atoms with E-state index in [1.807, 2.05) is 0 Å². The fraction of sp³-hybridized carbons (Fsp3) is 0.900. The van der Waals surface area contributed by atoms with Gasteiger partial charge in [-0.05, 0) is 19.3 Å². The van der Waals surface area contributed by atoms with Crippen LogP contribution in [0.5, 0.6) is 0 Å². The largest absolute Gasteiger partial charge is 0.453 e. The van der Waals surface area contributed by atoms with Crippen molar-refractivity contribution in [1.29, 1.82) is 0 Å². The minimum absolute atomic E-state index is 0.181. The van der Waals surface area contributed by atoms with Gasteiger partial charge in [0.1, 0.15) is 0 Å². The van der Waals surface area contributed by atoms with Gasteiger partial charge in [0.15, 0.2) is 0 Å². The molecule has 1 rings (SSSR count). The predicted molar refractivity (Wildman–Crippen MR) is 53.8 cm³/mol. The van der Waals surface area contributed by atoms with Crippen LogP contribution < -0.4 is 0 Å². The van der Waals surface area contributed by atoms with E-state index in [0.29, 0.717) is 0 Å². The average Bonchev–Trinajstić information content (AvgIpc) is 2.19. The molecule has 1 fully saturated rings. The van der Waals surface area contributed by atoms with Crippen LogP contribution in [0.4, 0.5) is 4.79 Å². The van der Waals surface area contributed by atoms with Gasteiger partial charge in [-0.2, -0.15) is 0 Å². The Bertz CT molecular complexity index is 131. The van der Waals surface area contributed by atoms with Gasteiger partial charge in [0, 0.05) is 13.1 Å². The number of carbonyl (C=O) groups excluding carboxylic acids is 1. The highest BCUT2D eigenvalue weighted by molar-refractivity contribution is 5.67. The van der Waals surface area contributed by atoms with E-state index in [2.05, 4.69) is 18.6 Å². The van der Waals surface area contributed by atoms with Crippen LogP contribution in [-0.2, 0) is 4.74 Å². The zero-order chi connectivity index (χ0) is 10.1. The SMILES string of the molecule is CCC.COC(=O)N1CCCCC1. The lowest BCUT2D eigenvalue weighted by atomic mass is 10.1. The number of hydrogen-bond donors (Lipinski definition) is 0. The lowest BCUT2D eigenvalue weighted by Crippen LogP contribution is -2.35. The molecular weight excluding hydrogens is 166 g/mol. The number of hydrogen-bond acceptors (Lipinski definition) is 2. The Labute approximate surface area is 81.1 Å². The molecule has 0 aromatic heterocycles. The van der Waals surface area contributed by atoms with Crippen molar-refractivity contribution in [3.63, 3.8) is 0 Å². The first kappa shape index (κ1) is 12.3. The number of methoxy groups -OCH3 is 1. The summed E-state index contributed by atoms with van der Waals surface area (Å²) in [5.41, 5.74) is 0. The van der Waals surface area contributed by atoms with Crippen molar-refractivity contribution in [2.75, 3.05) is 20.2 Å². The molecule has 3 nitrogen and oxygen atoms in total. The van der Waals surface area contributed by atoms with Crippen LogP contribution in [0.25, 0.3) is 0 Å². The fourth-order valence-corrected chi connectivity index (χ4v) is 1.21. The molecule has 0 spiro atoms. The first-order valence-electron chi connectivity index (χ1n) is 5.09. The average molecular weight is 187 g/mol. The summed E-state index contributed by atoms with van der Waals surface area (Å²) in [6, 6.07) is 0. The van der Waals surface area contributed by atoms with Gasteiger partial charge < -0.3 is 9.64 Å². The van der Waals surface area contributed by atoms with Crippen LogP contribution in [0, 0.1) is 0 Å². The van der Waals surface area contributed by atoms with Crippen molar-refractivity contribution in [3.8, 4) is 0 Å². The predicted octanol–water partition coefficient (Wildman–Crippen LogP) is 2.66. The number of nitrogens with zero attached hydrogens (tertiary/aromatic N) is 1. The van der Waals surface area contributed by atoms with Crippen LogP contribution in [0.1, 0.15) is 39.5 Å². The second-order valence-electron chi connectivity index (χ2n) is 3.22. The molecule has 0 radical (unpaired) electrons. The number of piperidine rings is 1. The molecule has 1 amide bonds. The lowest BCUT2D eigenvalue weighted by Gasteiger charge is -2.24. The fourth-order valence-electron chi connectivity index (χ4n) is 1.21. The van der Waals surface area contributed by atoms with Crippen LogP contribution >= 0.6 is 0 Å². The van der Waals surface area contributed by atoms with Crippen molar-refractivity contribution >= 4 is 6.09 Å². The Balaban J connectivity index is 0.000000424. The number of carbonyl (C=O) groups is 1. The Morgan fingerprint density at radius 3 is 2.08 bits per heavy atom. The van der Waals surface area contributed by atoms with Crippen LogP contribution in [0.15, 0.2) is 0 Å². The quantitative estimate of drug-likeness (QED) is 0.583. The molecule has 13 heavy (non-hydrogen) atoms. The van der Waals surface area contributed by atoms with Crippen molar-refractivity contribution in [1.82, 2.24) is 4.90 Å². The van der Waals surface area contributed by atoms with Crippen molar-refractivity contribution in [3.05, 3.63) is 0 Å². The van der Waals surface area contributed by atoms with Gasteiger partial charge in [-0.1, -0.05) is 20.3 Å². The molecule has 0 aromatic rings. The van der Waals surface area contributed by atoms with Gasteiger partial charge in [0.2, 0.25) is 0 Å². The van der Waals surface area contributed by atoms with E-state index in [4.69, 9.17) is 0 Å². The standard InChI is InChI=1S/C7H13NO2.C3H8/c1-10-7(9)8-5-3-2-4-6-8;1-3-2/h2-6H2,1H3;3H2,1-2H3. The van der Waals surface area contributed by atoms with Gasteiger partial charge in [0.05, 0.1) is 7.11 Å². The second-order valence-corrected chi connectivity index (χ2v) is 3.22. The zero-order valence-electron chi connectivity index (χ0n) is 9.01. The van der Waals surface area contributed by atoms with Gasteiger partial charge >= 0.3 is 6.09 Å². The third-order valence-electron chi connectivity index (χ3n) is 1.79. The third-order valence-corrected chi connectivity index (χ3v) is 1.79. The Kier molecular flexibility index (Phi) is 7.45. The number of ether oxygens (including phenoxy) is 1. The molecule has 0 aromatic carbocycles. The summed E-state index contributed by atoms with van der Waals surface area (Å²) in [5, 5.41) is 0. The van der Waals surface area contributed by atoms with E-state index in [-0.39, 0.29) is 6.09 Å². The molecule has 1 aliphatic rings. The van der Waals surface area contributed by atoms with Crippen molar-refractivity contribution in [2.24, 2.45) is 0 Å². The van der Waals surface area contributed by atoms with Gasteiger partial charge in [0.25, 0.3) is 0 Å². The van der Waals surface area contributed by atoms with Gasteiger partial charge in [-0.25, -0.2) is 4.79 Å². The Morgan fingerprint density at radius 1 is 1.23 bits per heavy atom. The highest BCUT2D eigenvalue weighted by Crippen LogP contribution is 2.08. The Morgan fingerprint density at radius 2 is 1.69 bits per heavy atom. The molecular formula is C10H21NO2. The number of likely N-dealkylation sites (tertiary alicyclic amines) is 1. The van der Waals surface area contributed by atoms with Crippen molar-refractivity contribution in [2.45, 2.75) is 39.5 Å². The van der Waals surface area contributed by atoms with E-state index in [1.165, 1.54) is 20.0 Å². The molecule has 1 aliphatic heterocycles. The molecule has 0 unspecified atom stereocenters. The summed E-state index contributed by atoms with van der Waals surface area (Å²) in [5.74, 6) is 0. The second kappa shape index (κ2) is 7.90. The van der Waals surface area contributed by atoms with E-state index in [1.54, 1.807) is 4.90 Å².